The van der Waals surface area contributed by atoms with Crippen molar-refractivity contribution in [1.82, 2.24) is 13.5 Å². The van der Waals surface area contributed by atoms with Crippen LogP contribution >= 0.6 is 0 Å². The number of hydrogen-bond donors (Lipinski definition) is 0. The Bertz CT molecular complexity index is 811. The van der Waals surface area contributed by atoms with E-state index in [9.17, 15) is 13.2 Å². The fraction of sp³-hybridized carbons (Fsp3) is 0.682. The average molecular weight is 422 g/mol. The first-order chi connectivity index (χ1) is 13.8. The monoisotopic (exact) mass is 421 g/mol. The normalized spacial score (nSPS) is 19.7. The highest BCUT2D eigenvalue weighted by Gasteiger charge is 2.35. The zero-order valence-corrected chi connectivity index (χ0v) is 18.9. The summed E-state index contributed by atoms with van der Waals surface area (Å²) in [5, 5.41) is 0. The molecule has 0 spiro atoms. The van der Waals surface area contributed by atoms with Gasteiger partial charge in [-0.3, -0.25) is 4.79 Å². The van der Waals surface area contributed by atoms with Crippen LogP contribution in [0.2, 0.25) is 0 Å². The van der Waals surface area contributed by atoms with Crippen molar-refractivity contribution in [2.45, 2.75) is 64.8 Å². The fourth-order valence-electron chi connectivity index (χ4n) is 4.51. The average Bonchev–Trinajstić information content (AvgIpc) is 2.73. The van der Waals surface area contributed by atoms with Crippen molar-refractivity contribution >= 4 is 16.1 Å². The SMILES string of the molecule is Cc1ccc(CCC(=O)N2CCN(S(=O)(=O)N(C)C3CCCCC3)CC2)c(C)c1. The second-order valence-electron chi connectivity index (χ2n) is 8.53. The van der Waals surface area contributed by atoms with Crippen molar-refractivity contribution in [3.8, 4) is 0 Å². The maximum Gasteiger partial charge on any atom is 0.282 e. The summed E-state index contributed by atoms with van der Waals surface area (Å²) in [7, 11) is -1.73. The first-order valence-electron chi connectivity index (χ1n) is 10.9. The molecule has 0 radical (unpaired) electrons. The number of piperazine rings is 1. The van der Waals surface area contributed by atoms with Crippen molar-refractivity contribution in [3.63, 3.8) is 0 Å². The summed E-state index contributed by atoms with van der Waals surface area (Å²) in [5.41, 5.74) is 3.66. The Balaban J connectivity index is 1.50. The molecule has 1 aromatic rings. The van der Waals surface area contributed by atoms with E-state index in [1.807, 2.05) is 4.90 Å². The minimum Gasteiger partial charge on any atom is -0.340 e. The number of amides is 1. The molecule has 1 aromatic carbocycles. The lowest BCUT2D eigenvalue weighted by Gasteiger charge is -2.38. The van der Waals surface area contributed by atoms with Crippen molar-refractivity contribution in [3.05, 3.63) is 34.9 Å². The summed E-state index contributed by atoms with van der Waals surface area (Å²) in [5.74, 6) is 0.114. The van der Waals surface area contributed by atoms with E-state index in [1.54, 1.807) is 15.7 Å². The van der Waals surface area contributed by atoms with Gasteiger partial charge in [0.25, 0.3) is 10.2 Å². The summed E-state index contributed by atoms with van der Waals surface area (Å²) in [6, 6.07) is 6.45. The second-order valence-corrected chi connectivity index (χ2v) is 10.5. The third-order valence-electron chi connectivity index (χ3n) is 6.48. The fourth-order valence-corrected chi connectivity index (χ4v) is 6.09. The van der Waals surface area contributed by atoms with Crippen molar-refractivity contribution in [1.29, 1.82) is 0 Å². The lowest BCUT2D eigenvalue weighted by molar-refractivity contribution is -0.132. The quantitative estimate of drug-likeness (QED) is 0.710. The first kappa shape index (κ1) is 22.2. The van der Waals surface area contributed by atoms with Crippen LogP contribution in [0, 0.1) is 13.8 Å². The van der Waals surface area contributed by atoms with Gasteiger partial charge >= 0.3 is 0 Å². The molecule has 3 rings (SSSR count). The molecule has 0 N–H and O–H groups in total. The maximum absolute atomic E-state index is 13.0. The summed E-state index contributed by atoms with van der Waals surface area (Å²) in [6.07, 6.45) is 6.51. The minimum absolute atomic E-state index is 0.114. The van der Waals surface area contributed by atoms with Crippen LogP contribution < -0.4 is 0 Å². The maximum atomic E-state index is 13.0. The van der Waals surface area contributed by atoms with E-state index in [0.29, 0.717) is 32.6 Å². The molecule has 7 heteroatoms. The second kappa shape index (κ2) is 9.58. The molecule has 0 bridgehead atoms. The number of carbonyl (C=O) groups is 1. The standard InChI is InChI=1S/C22H35N3O3S/c1-18-9-10-20(19(2)17-18)11-12-22(26)24-13-15-25(16-14-24)29(27,28)23(3)21-7-5-4-6-8-21/h9-10,17,21H,4-8,11-16H2,1-3H3. The van der Waals surface area contributed by atoms with E-state index in [-0.39, 0.29) is 11.9 Å². The number of benzene rings is 1. The van der Waals surface area contributed by atoms with Crippen LogP contribution in [0.15, 0.2) is 18.2 Å². The zero-order chi connectivity index (χ0) is 21.0. The summed E-state index contributed by atoms with van der Waals surface area (Å²) in [4.78, 5) is 14.5. The van der Waals surface area contributed by atoms with Crippen molar-refractivity contribution in [2.24, 2.45) is 0 Å². The molecule has 162 valence electrons. The van der Waals surface area contributed by atoms with Crippen LogP contribution in [-0.4, -0.2) is 67.1 Å². The van der Waals surface area contributed by atoms with Crippen LogP contribution in [0.4, 0.5) is 0 Å². The van der Waals surface area contributed by atoms with Crippen LogP contribution in [0.5, 0.6) is 0 Å². The Morgan fingerprint density at radius 2 is 1.72 bits per heavy atom. The van der Waals surface area contributed by atoms with Gasteiger partial charge in [-0.2, -0.15) is 17.0 Å². The van der Waals surface area contributed by atoms with Crippen LogP contribution in [-0.2, 0) is 21.4 Å². The van der Waals surface area contributed by atoms with Crippen LogP contribution in [0.3, 0.4) is 0 Å². The van der Waals surface area contributed by atoms with Gasteiger partial charge < -0.3 is 4.90 Å². The topological polar surface area (TPSA) is 60.9 Å². The Morgan fingerprint density at radius 1 is 1.07 bits per heavy atom. The molecule has 0 unspecified atom stereocenters. The molecule has 2 fully saturated rings. The third-order valence-corrected chi connectivity index (χ3v) is 8.52. The van der Waals surface area contributed by atoms with Gasteiger partial charge in [-0.1, -0.05) is 43.0 Å². The molecule has 1 aliphatic carbocycles. The molecular formula is C22H35N3O3S. The van der Waals surface area contributed by atoms with Gasteiger partial charge in [-0.15, -0.1) is 0 Å². The molecule has 1 aliphatic heterocycles. The summed E-state index contributed by atoms with van der Waals surface area (Å²) >= 11 is 0. The number of hydrogen-bond acceptors (Lipinski definition) is 3. The highest BCUT2D eigenvalue weighted by atomic mass is 32.2. The lowest BCUT2D eigenvalue weighted by Crippen LogP contribution is -2.55. The molecule has 1 saturated heterocycles. The van der Waals surface area contributed by atoms with E-state index >= 15 is 0 Å². The highest BCUT2D eigenvalue weighted by Crippen LogP contribution is 2.25. The predicted molar refractivity (Wildman–Crippen MR) is 116 cm³/mol. The van der Waals surface area contributed by atoms with Crippen molar-refractivity contribution < 1.29 is 13.2 Å². The van der Waals surface area contributed by atoms with Gasteiger partial charge in [0.05, 0.1) is 0 Å². The van der Waals surface area contributed by atoms with Gasteiger partial charge in [0.15, 0.2) is 0 Å². The zero-order valence-electron chi connectivity index (χ0n) is 18.1. The molecule has 6 nitrogen and oxygen atoms in total. The summed E-state index contributed by atoms with van der Waals surface area (Å²) < 4.78 is 29.1. The minimum atomic E-state index is -3.45. The third kappa shape index (κ3) is 5.38. The first-order valence-corrected chi connectivity index (χ1v) is 12.3. The molecule has 0 aromatic heterocycles. The Morgan fingerprint density at radius 3 is 2.34 bits per heavy atom. The molecule has 0 atom stereocenters. The van der Waals surface area contributed by atoms with E-state index in [4.69, 9.17) is 0 Å². The number of rotatable bonds is 6. The van der Waals surface area contributed by atoms with E-state index in [1.165, 1.54) is 23.1 Å². The number of aryl methyl sites for hydroxylation is 3. The largest absolute Gasteiger partial charge is 0.340 e. The highest BCUT2D eigenvalue weighted by molar-refractivity contribution is 7.86. The molecule has 29 heavy (non-hydrogen) atoms. The van der Waals surface area contributed by atoms with Gasteiger partial charge in [-0.25, -0.2) is 0 Å². The number of carbonyl (C=O) groups excluding carboxylic acids is 1. The molecule has 2 aliphatic rings. The van der Waals surface area contributed by atoms with Gasteiger partial charge in [0.1, 0.15) is 0 Å². The van der Waals surface area contributed by atoms with E-state index < -0.39 is 10.2 Å². The van der Waals surface area contributed by atoms with Crippen molar-refractivity contribution in [2.75, 3.05) is 33.2 Å². The van der Waals surface area contributed by atoms with E-state index in [2.05, 4.69) is 32.0 Å². The van der Waals surface area contributed by atoms with E-state index in [0.717, 1.165) is 32.1 Å². The smallest absolute Gasteiger partial charge is 0.282 e. The van der Waals surface area contributed by atoms with Gasteiger partial charge in [0.2, 0.25) is 5.91 Å². The molecule has 1 amide bonds. The molecule has 1 saturated carbocycles. The lowest BCUT2D eigenvalue weighted by atomic mass is 9.96. The van der Waals surface area contributed by atoms with Gasteiger partial charge in [-0.05, 0) is 44.2 Å². The van der Waals surface area contributed by atoms with Gasteiger partial charge in [0, 0.05) is 45.7 Å². The summed E-state index contributed by atoms with van der Waals surface area (Å²) in [6.45, 7) is 5.87. The Hall–Kier alpha value is -1.44. The molecule has 1 heterocycles. The van der Waals surface area contributed by atoms with Crippen LogP contribution in [0.1, 0.15) is 55.2 Å². The Labute approximate surface area is 176 Å². The Kier molecular flexibility index (Phi) is 7.35. The van der Waals surface area contributed by atoms with Crippen LogP contribution in [0.25, 0.3) is 0 Å². The number of nitrogens with zero attached hydrogens (tertiary/aromatic N) is 3. The predicted octanol–water partition coefficient (Wildman–Crippen LogP) is 2.89. The molecular weight excluding hydrogens is 386 g/mol.